The number of amides is 1. The smallest absolute Gasteiger partial charge is 0.225 e. The summed E-state index contributed by atoms with van der Waals surface area (Å²) in [5.74, 6) is 1.11. The number of carbonyl (C=O) groups is 2. The van der Waals surface area contributed by atoms with Crippen molar-refractivity contribution < 1.29 is 19.1 Å². The summed E-state index contributed by atoms with van der Waals surface area (Å²) >= 11 is 0. The maximum atomic E-state index is 13.2. The van der Waals surface area contributed by atoms with Crippen molar-refractivity contribution in [3.8, 4) is 11.5 Å². The number of carbonyl (C=O) groups excluding carboxylic acids is 2. The van der Waals surface area contributed by atoms with Crippen LogP contribution in [0.15, 0.2) is 59.8 Å². The molecule has 144 valence electrons. The summed E-state index contributed by atoms with van der Waals surface area (Å²) in [4.78, 5) is 25.7. The molecule has 5 nitrogen and oxygen atoms in total. The highest BCUT2D eigenvalue weighted by atomic mass is 16.5. The van der Waals surface area contributed by atoms with Crippen LogP contribution in [0.2, 0.25) is 0 Å². The number of ketones is 1. The molecule has 0 unspecified atom stereocenters. The maximum absolute atomic E-state index is 13.2. The second kappa shape index (κ2) is 7.50. The second-order valence-corrected chi connectivity index (χ2v) is 7.24. The molecule has 0 bridgehead atoms. The molecule has 0 saturated carbocycles. The molecule has 1 amide bonds. The van der Waals surface area contributed by atoms with E-state index in [4.69, 9.17) is 9.47 Å². The number of methoxy groups -OCH3 is 2. The maximum Gasteiger partial charge on any atom is 0.225 e. The van der Waals surface area contributed by atoms with Gasteiger partial charge in [0.15, 0.2) is 5.78 Å². The molecule has 2 aliphatic rings. The van der Waals surface area contributed by atoms with Gasteiger partial charge in [-0.2, -0.15) is 0 Å². The predicted octanol–water partition coefficient (Wildman–Crippen LogP) is 3.71. The fraction of sp³-hybridized carbons (Fsp3) is 0.304. The van der Waals surface area contributed by atoms with Crippen molar-refractivity contribution in [2.24, 2.45) is 0 Å². The number of benzene rings is 2. The molecule has 0 aromatic heterocycles. The van der Waals surface area contributed by atoms with Gasteiger partial charge < -0.3 is 14.8 Å². The van der Waals surface area contributed by atoms with Crippen LogP contribution < -0.4 is 14.8 Å². The lowest BCUT2D eigenvalue weighted by molar-refractivity contribution is -0.122. The zero-order valence-electron chi connectivity index (χ0n) is 16.0. The Bertz CT molecular complexity index is 948. The highest BCUT2D eigenvalue weighted by Crippen LogP contribution is 2.45. The van der Waals surface area contributed by atoms with E-state index in [0.29, 0.717) is 29.9 Å². The van der Waals surface area contributed by atoms with Crippen molar-refractivity contribution in [2.75, 3.05) is 14.2 Å². The SMILES string of the molecule is COc1ccc(OC)c([C@H]2CC(=O)NC3=C2C(=O)C[C@@H](c2ccccc2)C3)c1. The van der Waals surface area contributed by atoms with Crippen LogP contribution in [-0.2, 0) is 9.59 Å². The first kappa shape index (κ1) is 18.3. The van der Waals surface area contributed by atoms with E-state index in [1.165, 1.54) is 0 Å². The van der Waals surface area contributed by atoms with Crippen molar-refractivity contribution in [1.29, 1.82) is 0 Å². The van der Waals surface area contributed by atoms with Gasteiger partial charge in [-0.1, -0.05) is 30.3 Å². The van der Waals surface area contributed by atoms with E-state index < -0.39 is 0 Å². The molecule has 1 heterocycles. The number of rotatable bonds is 4. The molecule has 5 heteroatoms. The molecular formula is C23H23NO4. The van der Waals surface area contributed by atoms with Gasteiger partial charge in [0.2, 0.25) is 5.91 Å². The number of hydrogen-bond donors (Lipinski definition) is 1. The quantitative estimate of drug-likeness (QED) is 0.882. The molecule has 2 aromatic rings. The summed E-state index contributed by atoms with van der Waals surface area (Å²) < 4.78 is 10.9. The average molecular weight is 377 g/mol. The molecule has 1 aliphatic carbocycles. The normalized spacial score (nSPS) is 21.8. The number of hydrogen-bond acceptors (Lipinski definition) is 4. The van der Waals surface area contributed by atoms with Crippen LogP contribution in [0.25, 0.3) is 0 Å². The number of allylic oxidation sites excluding steroid dienone is 2. The predicted molar refractivity (Wildman–Crippen MR) is 105 cm³/mol. The summed E-state index contributed by atoms with van der Waals surface area (Å²) in [7, 11) is 3.19. The van der Waals surface area contributed by atoms with Crippen molar-refractivity contribution in [1.82, 2.24) is 5.32 Å². The fourth-order valence-corrected chi connectivity index (χ4v) is 4.30. The summed E-state index contributed by atoms with van der Waals surface area (Å²) in [5, 5.41) is 2.96. The molecule has 1 aliphatic heterocycles. The van der Waals surface area contributed by atoms with Gasteiger partial charge in [0.1, 0.15) is 11.5 Å². The Labute approximate surface area is 164 Å². The van der Waals surface area contributed by atoms with E-state index in [1.807, 2.05) is 48.5 Å². The Balaban J connectivity index is 1.77. The lowest BCUT2D eigenvalue weighted by Crippen LogP contribution is -2.38. The monoisotopic (exact) mass is 377 g/mol. The molecule has 0 saturated heterocycles. The largest absolute Gasteiger partial charge is 0.497 e. The molecule has 2 aromatic carbocycles. The van der Waals surface area contributed by atoms with Gasteiger partial charge in [-0.25, -0.2) is 0 Å². The first-order chi connectivity index (χ1) is 13.6. The Morgan fingerprint density at radius 1 is 0.929 bits per heavy atom. The van der Waals surface area contributed by atoms with Crippen LogP contribution >= 0.6 is 0 Å². The Morgan fingerprint density at radius 3 is 2.43 bits per heavy atom. The molecule has 4 rings (SSSR count). The average Bonchev–Trinajstić information content (AvgIpc) is 2.72. The number of ether oxygens (including phenoxy) is 2. The first-order valence-electron chi connectivity index (χ1n) is 9.43. The third kappa shape index (κ3) is 3.28. The van der Waals surface area contributed by atoms with Crippen LogP contribution in [0.5, 0.6) is 11.5 Å². The second-order valence-electron chi connectivity index (χ2n) is 7.24. The van der Waals surface area contributed by atoms with Crippen LogP contribution in [-0.4, -0.2) is 25.9 Å². The van der Waals surface area contributed by atoms with E-state index in [2.05, 4.69) is 5.32 Å². The van der Waals surface area contributed by atoms with E-state index in [-0.39, 0.29) is 29.9 Å². The summed E-state index contributed by atoms with van der Waals surface area (Å²) in [6.07, 6.45) is 1.32. The highest BCUT2D eigenvalue weighted by molar-refractivity contribution is 6.02. The van der Waals surface area contributed by atoms with Gasteiger partial charge in [0.05, 0.1) is 14.2 Å². The molecule has 28 heavy (non-hydrogen) atoms. The van der Waals surface area contributed by atoms with Crippen molar-refractivity contribution >= 4 is 11.7 Å². The van der Waals surface area contributed by atoms with Gasteiger partial charge in [0, 0.05) is 35.6 Å². The lowest BCUT2D eigenvalue weighted by Gasteiger charge is -2.35. The molecule has 2 atom stereocenters. The van der Waals surface area contributed by atoms with E-state index in [0.717, 1.165) is 16.8 Å². The van der Waals surface area contributed by atoms with Crippen LogP contribution in [0, 0.1) is 0 Å². The summed E-state index contributed by atoms with van der Waals surface area (Å²) in [6, 6.07) is 15.5. The topological polar surface area (TPSA) is 64.6 Å². The van der Waals surface area contributed by atoms with E-state index in [9.17, 15) is 9.59 Å². The molecule has 0 radical (unpaired) electrons. The van der Waals surface area contributed by atoms with E-state index in [1.54, 1.807) is 14.2 Å². The minimum absolute atomic E-state index is 0.0739. The minimum atomic E-state index is -0.321. The molecule has 0 fully saturated rings. The van der Waals surface area contributed by atoms with Gasteiger partial charge >= 0.3 is 0 Å². The fourth-order valence-electron chi connectivity index (χ4n) is 4.30. The molecule has 0 spiro atoms. The van der Waals surface area contributed by atoms with Crippen LogP contribution in [0.4, 0.5) is 0 Å². The third-order valence-electron chi connectivity index (χ3n) is 5.62. The Kier molecular flexibility index (Phi) is 4.90. The van der Waals surface area contributed by atoms with Gasteiger partial charge in [-0.15, -0.1) is 0 Å². The zero-order chi connectivity index (χ0) is 19.7. The number of Topliss-reactive ketones (excluding diaryl/α,β-unsaturated/α-hetero) is 1. The van der Waals surface area contributed by atoms with Crippen molar-refractivity contribution in [2.45, 2.75) is 31.1 Å². The highest BCUT2D eigenvalue weighted by Gasteiger charge is 2.39. The Hall–Kier alpha value is -3.08. The molecule has 1 N–H and O–H groups in total. The third-order valence-corrected chi connectivity index (χ3v) is 5.62. The lowest BCUT2D eigenvalue weighted by atomic mass is 9.73. The van der Waals surface area contributed by atoms with E-state index >= 15 is 0 Å². The number of nitrogens with one attached hydrogen (secondary N) is 1. The summed E-state index contributed by atoms with van der Waals surface area (Å²) in [6.45, 7) is 0. The minimum Gasteiger partial charge on any atom is -0.497 e. The summed E-state index contributed by atoms with van der Waals surface area (Å²) in [5.41, 5.74) is 3.39. The van der Waals surface area contributed by atoms with Gasteiger partial charge in [0.25, 0.3) is 0 Å². The first-order valence-corrected chi connectivity index (χ1v) is 9.43. The van der Waals surface area contributed by atoms with Gasteiger partial charge in [-0.3, -0.25) is 9.59 Å². The van der Waals surface area contributed by atoms with Crippen LogP contribution in [0.1, 0.15) is 42.2 Å². The van der Waals surface area contributed by atoms with Gasteiger partial charge in [-0.05, 0) is 36.1 Å². The van der Waals surface area contributed by atoms with Crippen LogP contribution in [0.3, 0.4) is 0 Å². The molecular weight excluding hydrogens is 354 g/mol. The van der Waals surface area contributed by atoms with Crippen molar-refractivity contribution in [3.05, 3.63) is 70.9 Å². The zero-order valence-corrected chi connectivity index (χ0v) is 16.0. The van der Waals surface area contributed by atoms with Crippen molar-refractivity contribution in [3.63, 3.8) is 0 Å². The Morgan fingerprint density at radius 2 is 1.71 bits per heavy atom. The standard InChI is InChI=1S/C23H23NO4/c1-27-16-8-9-21(28-2)17(12-16)18-13-22(26)24-19-10-15(11-20(25)23(18)19)14-6-4-3-5-7-14/h3-9,12,15,18H,10-11,13H2,1-2H3,(H,24,26)/t15-,18+/m0/s1.